The summed E-state index contributed by atoms with van der Waals surface area (Å²) in [5.74, 6) is -4.98. The summed E-state index contributed by atoms with van der Waals surface area (Å²) in [6.45, 7) is 37.2. The van der Waals surface area contributed by atoms with Crippen LogP contribution < -0.4 is 48.7 Å². The van der Waals surface area contributed by atoms with Crippen LogP contribution in [0, 0.1) is 27.9 Å². The Hall–Kier alpha value is -12.2. The molecule has 35 nitrogen and oxygen atoms in total. The second-order valence-electron chi connectivity index (χ2n) is 40.5. The molecule has 10 aromatic rings. The van der Waals surface area contributed by atoms with Crippen LogP contribution >= 0.6 is 0 Å². The SMILES string of the molecule is CCc1nc2c(cnn2CC)c(NC2CCOCC2)c1CN.CCc1nc2c(cnn2CC)c(NC2CCOCC2)c1CNC(=O)C1(C(=O)NCc2ccc(F)c(-c3cccc(CN4CCN[C@@H](C)C4)c3)c2)CCC1.CCc1nc2c(cnn2CC)c(NC2CCOCC2)c1CNC(=O)C1(C(=O)O)CCC1.C[C@H]1CN(Cc2cccc(-c3cc(CN)ccc3F)c2)CCN1C(=O)OC(C)(C)C.O=C(O)C1(C(=O)O)CCC1. The normalized spacial score (nSPS) is 18.4. The summed E-state index contributed by atoms with van der Waals surface area (Å²) in [6.07, 6.45) is 17.8. The molecule has 4 aromatic carbocycles. The number of aryl methyl sites for hydroxylation is 6. The van der Waals surface area contributed by atoms with Gasteiger partial charge in [-0.2, -0.15) is 15.3 Å². The topological polar surface area (TPSA) is 455 Å². The number of fused-ring (bicyclic) bond motifs is 3. The highest BCUT2D eigenvalue weighted by Gasteiger charge is 2.53. The zero-order valence-corrected chi connectivity index (χ0v) is 86.6. The number of halogens is 2. The number of pyridine rings is 3. The van der Waals surface area contributed by atoms with Crippen molar-refractivity contribution in [3.05, 3.63) is 171 Å². The van der Waals surface area contributed by atoms with Crippen LogP contribution in [0.4, 0.5) is 30.6 Å². The molecule has 3 saturated carbocycles. The van der Waals surface area contributed by atoms with Gasteiger partial charge in [0.2, 0.25) is 17.7 Å². The maximum atomic E-state index is 15.2. The van der Waals surface area contributed by atoms with Gasteiger partial charge in [-0.3, -0.25) is 38.6 Å². The van der Waals surface area contributed by atoms with Crippen LogP contribution in [0.2, 0.25) is 0 Å². The predicted molar refractivity (Wildman–Crippen MR) is 557 cm³/mol. The van der Waals surface area contributed by atoms with Crippen LogP contribution in [0.25, 0.3) is 55.4 Å². The number of aromatic nitrogens is 9. The number of nitrogens with zero attached hydrogens (tertiary/aromatic N) is 12. The number of hydrogen-bond acceptors (Lipinski definition) is 25. The summed E-state index contributed by atoms with van der Waals surface area (Å²) in [6, 6.07) is 27.4. The van der Waals surface area contributed by atoms with Crippen LogP contribution in [0.15, 0.2) is 104 Å². The van der Waals surface area contributed by atoms with Gasteiger partial charge in [0, 0.05) is 219 Å². The molecular formula is C109H149F2N21O14. The molecule has 0 radical (unpaired) electrons. The van der Waals surface area contributed by atoms with Crippen LogP contribution in [-0.4, -0.2) is 231 Å². The number of hydrogen-bond donors (Lipinski definition) is 12. The Morgan fingerprint density at radius 3 is 1.23 bits per heavy atom. The number of aliphatic carboxylic acids is 3. The van der Waals surface area contributed by atoms with Crippen molar-refractivity contribution in [2.45, 2.75) is 293 Å². The fraction of sp³-hybridized carbons (Fsp3) is 0.550. The zero-order chi connectivity index (χ0) is 104. The van der Waals surface area contributed by atoms with Gasteiger partial charge in [0.15, 0.2) is 22.4 Å². The summed E-state index contributed by atoms with van der Waals surface area (Å²) in [4.78, 5) is 107. The molecule has 0 unspecified atom stereocenters. The average molecular weight is 2020 g/mol. The number of nitrogens with two attached hydrogens (primary N) is 2. The average Bonchev–Trinajstić information content (AvgIpc) is 1.42. The molecule has 14 N–H and O–H groups in total. The summed E-state index contributed by atoms with van der Waals surface area (Å²) in [5.41, 5.74) is 25.4. The molecule has 18 rings (SSSR count). The highest BCUT2D eigenvalue weighted by Crippen LogP contribution is 2.45. The molecular weight excluding hydrogens is 1870 g/mol. The molecule has 8 fully saturated rings. The van der Waals surface area contributed by atoms with Crippen LogP contribution in [0.1, 0.15) is 228 Å². The molecule has 6 aromatic heterocycles. The van der Waals surface area contributed by atoms with E-state index in [1.54, 1.807) is 23.1 Å². The van der Waals surface area contributed by atoms with Gasteiger partial charge in [0.25, 0.3) is 0 Å². The number of ether oxygens (including phenoxy) is 4. The first-order valence-electron chi connectivity index (χ1n) is 52.3. The molecule has 0 bridgehead atoms. The summed E-state index contributed by atoms with van der Waals surface area (Å²) >= 11 is 0. The minimum absolute atomic E-state index is 0.0652. The molecule has 788 valence electrons. The molecule has 2 atom stereocenters. The number of rotatable bonds is 32. The number of benzene rings is 4. The maximum Gasteiger partial charge on any atom is 0.410 e. The maximum absolute atomic E-state index is 15.2. The lowest BCUT2D eigenvalue weighted by atomic mass is 9.67. The number of piperazine rings is 2. The van der Waals surface area contributed by atoms with Gasteiger partial charge in [-0.1, -0.05) is 82.1 Å². The Bertz CT molecular complexity index is 6190. The van der Waals surface area contributed by atoms with Gasteiger partial charge in [-0.15, -0.1) is 0 Å². The third kappa shape index (κ3) is 25.8. The number of carbonyl (C=O) groups excluding carboxylic acids is 4. The van der Waals surface area contributed by atoms with E-state index in [1.807, 2.05) is 118 Å². The first-order valence-corrected chi connectivity index (χ1v) is 52.3. The number of carbonyl (C=O) groups is 7. The van der Waals surface area contributed by atoms with Crippen LogP contribution in [-0.2, 0) is 132 Å². The quantitative estimate of drug-likeness (QED) is 0.0174. The lowest BCUT2D eigenvalue weighted by Gasteiger charge is -2.40. The van der Waals surface area contributed by atoms with Crippen molar-refractivity contribution in [2.24, 2.45) is 27.7 Å². The number of carboxylic acids is 3. The van der Waals surface area contributed by atoms with Crippen molar-refractivity contribution < 1.29 is 76.6 Å². The summed E-state index contributed by atoms with van der Waals surface area (Å²) in [7, 11) is 0. The molecule has 8 aliphatic rings. The number of carboxylic acid groups (broad SMARTS) is 3. The van der Waals surface area contributed by atoms with Gasteiger partial charge >= 0.3 is 24.0 Å². The van der Waals surface area contributed by atoms with Gasteiger partial charge in [0.05, 0.1) is 51.8 Å². The third-order valence-electron chi connectivity index (χ3n) is 29.6. The van der Waals surface area contributed by atoms with E-state index in [0.717, 1.165) is 241 Å². The second kappa shape index (κ2) is 50.0. The summed E-state index contributed by atoms with van der Waals surface area (Å²) < 4.78 is 57.4. The molecule has 0 spiro atoms. The molecule has 3 aliphatic carbocycles. The fourth-order valence-electron chi connectivity index (χ4n) is 20.5. The molecule has 11 heterocycles. The smallest absolute Gasteiger partial charge is 0.410 e. The van der Waals surface area contributed by atoms with E-state index < -0.39 is 45.7 Å². The standard InChI is InChI=1S/C41H53FN8O3.C24H32FN3O2.C22H31N5O4.C16H25N5O.C6H8O4/c1-4-36-33(37(47-31-12-18-53-19-13-31)34-24-46-50(5-2)38(34)48-36)23-45-40(52)41(14-7-15-41)39(51)44-22-28-10-11-35(42)32(21-28)30-9-6-8-29(20-30)26-49-17-16-43-27(3)25-49;1-17-15-27(10-11-28(17)23(29)30-24(2,3)4)16-19-6-5-7-20(12-19)21-13-18(14-26)8-9-22(21)25;1-3-17-15(12-23-20(28)22(21(29)30)8-5-9-22)18(25-14-6-10-31-11-7-14)16-13-24-27(4-2)19(16)26-17;1-3-14-12(9-17)15(19-11-5-7-22-8-6-11)13-10-18-21(4-2)16(13)20-14;7-4(8)6(5(9)10)2-1-3-6/h6,8-11,20-21,24,27,31,43H,4-5,7,12-19,22-23,25-26H2,1-3H3,(H,44,51)(H,45,52)(H,47,48);5-9,12-13,17H,10-11,14-16,26H2,1-4H3;13-14H,3-12H2,1-2H3,(H,23,28)(H,25,26)(H,29,30);10-11H,3-9,17H2,1-2H3,(H,19,20);1-3H2,(H,7,8)(H,9,10)/t27-;17-;;;/m00.../s1. The van der Waals surface area contributed by atoms with Crippen LogP contribution in [0.5, 0.6) is 0 Å². The van der Waals surface area contributed by atoms with Crippen molar-refractivity contribution in [3.8, 4) is 22.3 Å². The first-order chi connectivity index (χ1) is 70.3. The van der Waals surface area contributed by atoms with E-state index in [9.17, 15) is 43.1 Å². The third-order valence-corrected chi connectivity index (χ3v) is 29.6. The van der Waals surface area contributed by atoms with Crippen molar-refractivity contribution >= 4 is 91.9 Å². The van der Waals surface area contributed by atoms with Gasteiger partial charge in [0.1, 0.15) is 28.1 Å². The predicted octanol–water partition coefficient (Wildman–Crippen LogP) is 14.6. The second-order valence-corrected chi connectivity index (χ2v) is 40.5. The van der Waals surface area contributed by atoms with E-state index >= 15 is 4.39 Å². The lowest BCUT2D eigenvalue weighted by Crippen LogP contribution is -2.55. The molecule has 37 heteroatoms. The molecule has 146 heavy (non-hydrogen) atoms. The number of anilines is 3. The molecule has 5 aliphatic heterocycles. The van der Waals surface area contributed by atoms with Crippen molar-refractivity contribution in [3.63, 3.8) is 0 Å². The Kier molecular flexibility index (Phi) is 37.5. The Labute approximate surface area is 853 Å². The zero-order valence-electron chi connectivity index (χ0n) is 86.6. The Morgan fingerprint density at radius 1 is 0.473 bits per heavy atom. The fourth-order valence-corrected chi connectivity index (χ4v) is 20.5. The monoisotopic (exact) mass is 2010 g/mol. The lowest BCUT2D eigenvalue weighted by molar-refractivity contribution is -0.171. The van der Waals surface area contributed by atoms with E-state index in [4.69, 9.17) is 55.6 Å². The van der Waals surface area contributed by atoms with Crippen LogP contribution in [0.3, 0.4) is 0 Å². The number of amides is 4. The first kappa shape index (κ1) is 109. The van der Waals surface area contributed by atoms with Gasteiger partial charge in [-0.05, 0) is 228 Å². The summed E-state index contributed by atoms with van der Waals surface area (Å²) in [5, 5.41) is 66.7. The Morgan fingerprint density at radius 2 is 0.863 bits per heavy atom. The van der Waals surface area contributed by atoms with Gasteiger partial charge in [-0.25, -0.2) is 42.6 Å². The number of nitrogens with one attached hydrogen (secondary N) is 7. The van der Waals surface area contributed by atoms with E-state index in [0.29, 0.717) is 127 Å². The van der Waals surface area contributed by atoms with E-state index in [1.165, 1.54) is 12.1 Å². The van der Waals surface area contributed by atoms with Gasteiger partial charge < -0.3 is 87.9 Å². The minimum Gasteiger partial charge on any atom is -0.480 e. The van der Waals surface area contributed by atoms with Crippen molar-refractivity contribution in [1.82, 2.24) is 80.3 Å². The Balaban J connectivity index is 0.000000156. The van der Waals surface area contributed by atoms with Crippen molar-refractivity contribution in [1.29, 1.82) is 0 Å². The largest absolute Gasteiger partial charge is 0.480 e. The molecule has 4 amide bonds. The minimum atomic E-state index is -1.44. The highest BCUT2D eigenvalue weighted by molar-refractivity contribution is 6.06. The van der Waals surface area contributed by atoms with E-state index in [-0.39, 0.29) is 80.1 Å². The highest BCUT2D eigenvalue weighted by atomic mass is 19.1. The molecule has 5 saturated heterocycles. The van der Waals surface area contributed by atoms with E-state index in [2.05, 4.69) is 108 Å². The van der Waals surface area contributed by atoms with Crippen molar-refractivity contribution in [2.75, 3.05) is 94.9 Å².